The number of nitrogens with two attached hydrogens (primary N) is 1. The van der Waals surface area contributed by atoms with Crippen LogP contribution in [0.3, 0.4) is 0 Å². The largest absolute Gasteiger partial charge is 0.323 e. The van der Waals surface area contributed by atoms with Gasteiger partial charge in [0.15, 0.2) is 0 Å². The molecule has 108 valence electrons. The van der Waals surface area contributed by atoms with Crippen LogP contribution < -0.4 is 16.6 Å². The van der Waals surface area contributed by atoms with E-state index in [-0.39, 0.29) is 16.9 Å². The van der Waals surface area contributed by atoms with E-state index in [1.54, 1.807) is 24.3 Å². The number of amides is 1. The first-order valence-electron chi connectivity index (χ1n) is 5.83. The number of hydrazine groups is 1. The monoisotopic (exact) mass is 306 g/mol. The van der Waals surface area contributed by atoms with E-state index in [4.69, 9.17) is 17.4 Å². The van der Waals surface area contributed by atoms with Crippen LogP contribution in [0.15, 0.2) is 42.5 Å². The van der Waals surface area contributed by atoms with Crippen LogP contribution in [0.5, 0.6) is 0 Å². The van der Waals surface area contributed by atoms with Crippen LogP contribution in [-0.4, -0.2) is 10.8 Å². The fraction of sp³-hybridized carbons (Fsp3) is 0. The third-order valence-corrected chi connectivity index (χ3v) is 2.93. The number of hydrogen-bond acceptors (Lipinski definition) is 5. The van der Waals surface area contributed by atoms with Gasteiger partial charge in [-0.25, -0.2) is 0 Å². The first kappa shape index (κ1) is 14.8. The summed E-state index contributed by atoms with van der Waals surface area (Å²) in [5.74, 6) is 4.78. The van der Waals surface area contributed by atoms with Gasteiger partial charge < -0.3 is 10.7 Å². The molecule has 0 fully saturated rings. The maximum absolute atomic E-state index is 12.2. The highest BCUT2D eigenvalue weighted by atomic mass is 35.5. The zero-order valence-electron chi connectivity index (χ0n) is 10.7. The maximum atomic E-state index is 12.2. The average molecular weight is 307 g/mol. The second kappa shape index (κ2) is 6.21. The highest BCUT2D eigenvalue weighted by Crippen LogP contribution is 2.23. The maximum Gasteiger partial charge on any atom is 0.270 e. The lowest BCUT2D eigenvalue weighted by atomic mass is 10.1. The Labute approximate surface area is 124 Å². The fourth-order valence-corrected chi connectivity index (χ4v) is 1.91. The van der Waals surface area contributed by atoms with E-state index in [1.807, 2.05) is 0 Å². The number of nitro groups is 1. The van der Waals surface area contributed by atoms with Gasteiger partial charge in [0.25, 0.3) is 11.6 Å². The summed E-state index contributed by atoms with van der Waals surface area (Å²) in [6, 6.07) is 10.3. The number of carbonyl (C=O) groups is 1. The van der Waals surface area contributed by atoms with Crippen molar-refractivity contribution in [3.05, 3.63) is 63.2 Å². The molecule has 0 saturated heterocycles. The standard InChI is InChI=1S/C13H11ClN4O3/c14-8-2-1-3-9(6-8)16-13(19)11-7-10(18(20)21)4-5-12(11)17-15/h1-7,17H,15H2,(H,16,19). The highest BCUT2D eigenvalue weighted by Gasteiger charge is 2.16. The smallest absolute Gasteiger partial charge is 0.270 e. The number of non-ortho nitro benzene ring substituents is 1. The number of halogens is 1. The molecule has 2 rings (SSSR count). The number of carbonyl (C=O) groups excluding carboxylic acids is 1. The first-order valence-corrected chi connectivity index (χ1v) is 6.21. The van der Waals surface area contributed by atoms with Gasteiger partial charge in [0.05, 0.1) is 16.2 Å². The summed E-state index contributed by atoms with van der Waals surface area (Å²) in [5, 5.41) is 13.8. The van der Waals surface area contributed by atoms with Crippen molar-refractivity contribution >= 4 is 34.6 Å². The molecule has 7 nitrogen and oxygen atoms in total. The van der Waals surface area contributed by atoms with Crippen molar-refractivity contribution in [3.63, 3.8) is 0 Å². The third kappa shape index (κ3) is 3.47. The molecule has 0 spiro atoms. The van der Waals surface area contributed by atoms with Gasteiger partial charge in [0.2, 0.25) is 0 Å². The lowest BCUT2D eigenvalue weighted by molar-refractivity contribution is -0.384. The molecule has 0 saturated carbocycles. The van der Waals surface area contributed by atoms with Crippen molar-refractivity contribution < 1.29 is 9.72 Å². The molecule has 2 aromatic carbocycles. The number of nitrogens with one attached hydrogen (secondary N) is 2. The average Bonchev–Trinajstić information content (AvgIpc) is 2.46. The number of nitrogens with zero attached hydrogens (tertiary/aromatic N) is 1. The minimum atomic E-state index is -0.587. The van der Waals surface area contributed by atoms with E-state index >= 15 is 0 Å². The summed E-state index contributed by atoms with van der Waals surface area (Å²) in [6.45, 7) is 0. The van der Waals surface area contributed by atoms with Crippen LogP contribution in [-0.2, 0) is 0 Å². The van der Waals surface area contributed by atoms with Crippen molar-refractivity contribution in [1.82, 2.24) is 0 Å². The Balaban J connectivity index is 2.33. The van der Waals surface area contributed by atoms with E-state index < -0.39 is 10.8 Å². The predicted molar refractivity (Wildman–Crippen MR) is 80.3 cm³/mol. The molecule has 0 aliphatic rings. The summed E-state index contributed by atoms with van der Waals surface area (Å²) in [4.78, 5) is 22.4. The topological polar surface area (TPSA) is 110 Å². The zero-order chi connectivity index (χ0) is 15.4. The molecule has 1 amide bonds. The van der Waals surface area contributed by atoms with Crippen molar-refractivity contribution in [2.45, 2.75) is 0 Å². The Bertz CT molecular complexity index is 706. The van der Waals surface area contributed by atoms with E-state index in [0.717, 1.165) is 6.07 Å². The molecule has 0 bridgehead atoms. The number of anilines is 2. The molecular formula is C13H11ClN4O3. The molecule has 21 heavy (non-hydrogen) atoms. The van der Waals surface area contributed by atoms with Crippen LogP contribution in [0, 0.1) is 10.1 Å². The zero-order valence-corrected chi connectivity index (χ0v) is 11.4. The van der Waals surface area contributed by atoms with Crippen LogP contribution >= 0.6 is 11.6 Å². The summed E-state index contributed by atoms with van der Waals surface area (Å²) < 4.78 is 0. The summed E-state index contributed by atoms with van der Waals surface area (Å²) in [6.07, 6.45) is 0. The van der Waals surface area contributed by atoms with Gasteiger partial charge in [0, 0.05) is 22.8 Å². The normalized spacial score (nSPS) is 10.0. The molecule has 0 radical (unpaired) electrons. The minimum Gasteiger partial charge on any atom is -0.323 e. The van der Waals surface area contributed by atoms with Crippen molar-refractivity contribution in [1.29, 1.82) is 0 Å². The number of nitrogen functional groups attached to an aromatic ring is 1. The van der Waals surface area contributed by atoms with Crippen LogP contribution in [0.2, 0.25) is 5.02 Å². The molecule has 0 aliphatic carbocycles. The predicted octanol–water partition coefficient (Wildman–Crippen LogP) is 2.79. The Kier molecular flexibility index (Phi) is 4.36. The number of rotatable bonds is 4. The van der Waals surface area contributed by atoms with Crippen LogP contribution in [0.25, 0.3) is 0 Å². The molecule has 0 aliphatic heterocycles. The molecule has 0 unspecified atom stereocenters. The number of nitro benzene ring substituents is 1. The van der Waals surface area contributed by atoms with Gasteiger partial charge in [-0.15, -0.1) is 0 Å². The molecule has 0 aromatic heterocycles. The molecular weight excluding hydrogens is 296 g/mol. The summed E-state index contributed by atoms with van der Waals surface area (Å²) in [7, 11) is 0. The van der Waals surface area contributed by atoms with Crippen LogP contribution in [0.1, 0.15) is 10.4 Å². The second-order valence-corrected chi connectivity index (χ2v) is 4.53. The Morgan fingerprint density at radius 1 is 1.24 bits per heavy atom. The first-order chi connectivity index (χ1) is 10.0. The van der Waals surface area contributed by atoms with Gasteiger partial charge >= 0.3 is 0 Å². The van der Waals surface area contributed by atoms with Crippen LogP contribution in [0.4, 0.5) is 17.1 Å². The summed E-state index contributed by atoms with van der Waals surface area (Å²) >= 11 is 5.83. The second-order valence-electron chi connectivity index (χ2n) is 4.10. The lowest BCUT2D eigenvalue weighted by Gasteiger charge is -2.09. The fourth-order valence-electron chi connectivity index (χ4n) is 1.72. The molecule has 0 atom stereocenters. The van der Waals surface area contributed by atoms with Gasteiger partial charge in [-0.05, 0) is 24.3 Å². The van der Waals surface area contributed by atoms with E-state index in [2.05, 4.69) is 10.7 Å². The van der Waals surface area contributed by atoms with Gasteiger partial charge in [-0.3, -0.25) is 20.8 Å². The number of hydrogen-bond donors (Lipinski definition) is 3. The SMILES string of the molecule is NNc1ccc([N+](=O)[O-])cc1C(=O)Nc1cccc(Cl)c1. The molecule has 2 aromatic rings. The summed E-state index contributed by atoms with van der Waals surface area (Å²) in [5.41, 5.74) is 2.94. The molecule has 8 heteroatoms. The van der Waals surface area contributed by atoms with E-state index in [1.165, 1.54) is 12.1 Å². The quantitative estimate of drug-likeness (QED) is 0.457. The van der Waals surface area contributed by atoms with Gasteiger partial charge in [-0.2, -0.15) is 0 Å². The van der Waals surface area contributed by atoms with E-state index in [0.29, 0.717) is 10.7 Å². The van der Waals surface area contributed by atoms with Crippen molar-refractivity contribution in [2.24, 2.45) is 5.84 Å². The Hall–Kier alpha value is -2.64. The highest BCUT2D eigenvalue weighted by molar-refractivity contribution is 6.31. The van der Waals surface area contributed by atoms with Gasteiger partial charge in [-0.1, -0.05) is 17.7 Å². The van der Waals surface area contributed by atoms with Crippen molar-refractivity contribution in [3.8, 4) is 0 Å². The third-order valence-electron chi connectivity index (χ3n) is 2.70. The molecule has 0 heterocycles. The molecule has 4 N–H and O–H groups in total. The van der Waals surface area contributed by atoms with E-state index in [9.17, 15) is 14.9 Å². The van der Waals surface area contributed by atoms with Crippen molar-refractivity contribution in [2.75, 3.05) is 10.7 Å². The number of benzene rings is 2. The Morgan fingerprint density at radius 3 is 2.62 bits per heavy atom. The van der Waals surface area contributed by atoms with Gasteiger partial charge in [0.1, 0.15) is 0 Å². The minimum absolute atomic E-state index is 0.0617. The lowest BCUT2D eigenvalue weighted by Crippen LogP contribution is -2.17. The Morgan fingerprint density at radius 2 is 2.00 bits per heavy atom.